The van der Waals surface area contributed by atoms with E-state index in [2.05, 4.69) is 10.6 Å². The molecule has 0 aliphatic carbocycles. The van der Waals surface area contributed by atoms with Gasteiger partial charge in [-0.15, -0.1) is 0 Å². The van der Waals surface area contributed by atoms with Crippen LogP contribution in [0.5, 0.6) is 0 Å². The van der Waals surface area contributed by atoms with Crippen molar-refractivity contribution in [3.05, 3.63) is 29.3 Å². The summed E-state index contributed by atoms with van der Waals surface area (Å²) in [6, 6.07) is 6.84. The van der Waals surface area contributed by atoms with Gasteiger partial charge in [-0.2, -0.15) is 0 Å². The number of amides is 3. The van der Waals surface area contributed by atoms with E-state index >= 15 is 0 Å². The average Bonchev–Trinajstić information content (AvgIpc) is 2.80. The highest BCUT2D eigenvalue weighted by atomic mass is 35.5. The summed E-state index contributed by atoms with van der Waals surface area (Å²) in [5.41, 5.74) is 0.802. The molecule has 1 heterocycles. The summed E-state index contributed by atoms with van der Waals surface area (Å²) in [6.07, 6.45) is 1.18. The average molecular weight is 310 g/mol. The maximum Gasteiger partial charge on any atom is 0.315 e. The van der Waals surface area contributed by atoms with E-state index in [0.29, 0.717) is 18.0 Å². The van der Waals surface area contributed by atoms with E-state index in [1.54, 1.807) is 17.0 Å². The Morgan fingerprint density at radius 2 is 2.10 bits per heavy atom. The van der Waals surface area contributed by atoms with Crippen molar-refractivity contribution in [3.8, 4) is 0 Å². The first-order chi connectivity index (χ1) is 9.99. The van der Waals surface area contributed by atoms with Crippen molar-refractivity contribution in [2.45, 2.75) is 38.8 Å². The summed E-state index contributed by atoms with van der Waals surface area (Å²) in [7, 11) is 0. The summed E-state index contributed by atoms with van der Waals surface area (Å²) in [5.74, 6) is 0.00571. The van der Waals surface area contributed by atoms with Gasteiger partial charge in [0.2, 0.25) is 5.91 Å². The van der Waals surface area contributed by atoms with Gasteiger partial charge < -0.3 is 15.5 Å². The van der Waals surface area contributed by atoms with Crippen LogP contribution in [0.2, 0.25) is 5.02 Å². The van der Waals surface area contributed by atoms with E-state index in [9.17, 15) is 9.59 Å². The number of anilines is 1. The minimum absolute atomic E-state index is 0.00571. The van der Waals surface area contributed by atoms with Crippen molar-refractivity contribution < 1.29 is 9.59 Å². The molecule has 114 valence electrons. The normalized spacial score (nSPS) is 19.5. The second-order valence-corrected chi connectivity index (χ2v) is 5.75. The fourth-order valence-electron chi connectivity index (χ4n) is 2.23. The maximum atomic E-state index is 12.1. The van der Waals surface area contributed by atoms with E-state index in [4.69, 9.17) is 11.6 Å². The van der Waals surface area contributed by atoms with Crippen LogP contribution in [0, 0.1) is 0 Å². The largest absolute Gasteiger partial charge is 0.336 e. The Balaban J connectivity index is 1.93. The number of carbonyl (C=O) groups excluding carboxylic acids is 2. The van der Waals surface area contributed by atoms with Crippen LogP contribution >= 0.6 is 11.6 Å². The number of urea groups is 1. The molecule has 0 unspecified atom stereocenters. The van der Waals surface area contributed by atoms with Crippen molar-refractivity contribution in [1.82, 2.24) is 10.6 Å². The molecule has 0 saturated carbocycles. The van der Waals surface area contributed by atoms with E-state index in [-0.39, 0.29) is 24.0 Å². The van der Waals surface area contributed by atoms with E-state index < -0.39 is 0 Å². The summed E-state index contributed by atoms with van der Waals surface area (Å²) < 4.78 is 0. The fraction of sp³-hybridized carbons (Fsp3) is 0.467. The number of nitrogens with one attached hydrogen (secondary N) is 2. The SMILES string of the molecule is CC[C@@H](C)NC(=O)N[C@H]1CC(=O)N(c2ccc(Cl)cc2)C1. The van der Waals surface area contributed by atoms with Crippen molar-refractivity contribution >= 4 is 29.2 Å². The van der Waals surface area contributed by atoms with Gasteiger partial charge in [0.25, 0.3) is 0 Å². The van der Waals surface area contributed by atoms with Gasteiger partial charge in [-0.1, -0.05) is 18.5 Å². The van der Waals surface area contributed by atoms with Gasteiger partial charge in [0.1, 0.15) is 0 Å². The second-order valence-electron chi connectivity index (χ2n) is 5.31. The third kappa shape index (κ3) is 4.11. The Kier molecular flexibility index (Phi) is 5.07. The molecule has 0 bridgehead atoms. The molecule has 5 nitrogen and oxygen atoms in total. The smallest absolute Gasteiger partial charge is 0.315 e. The van der Waals surface area contributed by atoms with Crippen LogP contribution in [-0.4, -0.2) is 30.6 Å². The molecule has 1 aromatic carbocycles. The van der Waals surface area contributed by atoms with E-state index in [0.717, 1.165) is 12.1 Å². The topological polar surface area (TPSA) is 61.4 Å². The Hall–Kier alpha value is -1.75. The molecule has 1 saturated heterocycles. The van der Waals surface area contributed by atoms with Crippen molar-refractivity contribution in [2.75, 3.05) is 11.4 Å². The first kappa shape index (κ1) is 15.6. The molecule has 1 aromatic rings. The molecule has 2 rings (SSSR count). The van der Waals surface area contributed by atoms with Crippen LogP contribution < -0.4 is 15.5 Å². The third-order valence-corrected chi connectivity index (χ3v) is 3.84. The molecule has 1 aliphatic rings. The Morgan fingerprint density at radius 1 is 1.43 bits per heavy atom. The Bertz CT molecular complexity index is 518. The summed E-state index contributed by atoms with van der Waals surface area (Å²) in [5, 5.41) is 6.32. The van der Waals surface area contributed by atoms with Crippen LogP contribution in [0.1, 0.15) is 26.7 Å². The number of rotatable bonds is 4. The molecular formula is C15H20ClN3O2. The number of hydrogen-bond donors (Lipinski definition) is 2. The zero-order valence-corrected chi connectivity index (χ0v) is 13.0. The van der Waals surface area contributed by atoms with Crippen molar-refractivity contribution in [2.24, 2.45) is 0 Å². The molecule has 1 aliphatic heterocycles. The first-order valence-electron chi connectivity index (χ1n) is 7.12. The fourth-order valence-corrected chi connectivity index (χ4v) is 2.35. The van der Waals surface area contributed by atoms with Crippen LogP contribution in [0.4, 0.5) is 10.5 Å². The summed E-state index contributed by atoms with van der Waals surface area (Å²) in [4.78, 5) is 25.5. The molecule has 0 spiro atoms. The molecule has 6 heteroatoms. The predicted octanol–water partition coefficient (Wildman–Crippen LogP) is 2.54. The van der Waals surface area contributed by atoms with Crippen LogP contribution in [0.25, 0.3) is 0 Å². The number of nitrogens with zero attached hydrogens (tertiary/aromatic N) is 1. The molecule has 2 N–H and O–H groups in total. The minimum Gasteiger partial charge on any atom is -0.336 e. The number of halogens is 1. The highest BCUT2D eigenvalue weighted by molar-refractivity contribution is 6.30. The van der Waals surface area contributed by atoms with Gasteiger partial charge in [-0.05, 0) is 37.6 Å². The lowest BCUT2D eigenvalue weighted by Crippen LogP contribution is -2.46. The Morgan fingerprint density at radius 3 is 2.71 bits per heavy atom. The molecule has 0 radical (unpaired) electrons. The molecule has 0 aromatic heterocycles. The molecule has 2 atom stereocenters. The zero-order chi connectivity index (χ0) is 15.4. The van der Waals surface area contributed by atoms with Gasteiger partial charge in [0.15, 0.2) is 0 Å². The number of carbonyl (C=O) groups is 2. The summed E-state index contributed by atoms with van der Waals surface area (Å²) >= 11 is 5.85. The van der Waals surface area contributed by atoms with Crippen LogP contribution in [0.3, 0.4) is 0 Å². The molecule has 3 amide bonds. The molecular weight excluding hydrogens is 290 g/mol. The predicted molar refractivity (Wildman–Crippen MR) is 83.6 cm³/mol. The second kappa shape index (κ2) is 6.80. The van der Waals surface area contributed by atoms with Crippen LogP contribution in [0.15, 0.2) is 24.3 Å². The van der Waals surface area contributed by atoms with Gasteiger partial charge in [-0.3, -0.25) is 4.79 Å². The monoisotopic (exact) mass is 309 g/mol. The standard InChI is InChI=1S/C15H20ClN3O2/c1-3-10(2)17-15(21)18-12-8-14(20)19(9-12)13-6-4-11(16)5-7-13/h4-7,10,12H,3,8-9H2,1-2H3,(H2,17,18,21)/t10-,12+/m1/s1. The maximum absolute atomic E-state index is 12.1. The van der Waals surface area contributed by atoms with Crippen LogP contribution in [-0.2, 0) is 4.79 Å². The van der Waals surface area contributed by atoms with E-state index in [1.165, 1.54) is 0 Å². The van der Waals surface area contributed by atoms with Gasteiger partial charge in [-0.25, -0.2) is 4.79 Å². The number of benzene rings is 1. The summed E-state index contributed by atoms with van der Waals surface area (Å²) in [6.45, 7) is 4.43. The zero-order valence-electron chi connectivity index (χ0n) is 12.2. The lowest BCUT2D eigenvalue weighted by Gasteiger charge is -2.18. The first-order valence-corrected chi connectivity index (χ1v) is 7.50. The van der Waals surface area contributed by atoms with E-state index in [1.807, 2.05) is 26.0 Å². The number of hydrogen-bond acceptors (Lipinski definition) is 2. The molecule has 1 fully saturated rings. The Labute approximate surface area is 129 Å². The third-order valence-electron chi connectivity index (χ3n) is 3.59. The lowest BCUT2D eigenvalue weighted by molar-refractivity contribution is -0.117. The van der Waals surface area contributed by atoms with Gasteiger partial charge in [0, 0.05) is 29.7 Å². The quantitative estimate of drug-likeness (QED) is 0.898. The van der Waals surface area contributed by atoms with Gasteiger partial charge in [0.05, 0.1) is 6.04 Å². The highest BCUT2D eigenvalue weighted by Crippen LogP contribution is 2.23. The molecule has 21 heavy (non-hydrogen) atoms. The van der Waals surface area contributed by atoms with Crippen molar-refractivity contribution in [1.29, 1.82) is 0 Å². The minimum atomic E-state index is -0.222. The van der Waals surface area contributed by atoms with Gasteiger partial charge >= 0.3 is 6.03 Å². The highest BCUT2D eigenvalue weighted by Gasteiger charge is 2.31. The van der Waals surface area contributed by atoms with Crippen molar-refractivity contribution in [3.63, 3.8) is 0 Å². The lowest BCUT2D eigenvalue weighted by atomic mass is 10.2.